The maximum atomic E-state index is 13.3. The zero-order valence-electron chi connectivity index (χ0n) is 7.20. The molecule has 0 bridgehead atoms. The van der Waals surface area contributed by atoms with E-state index in [1.54, 1.807) is 6.07 Å². The molecule has 6 heteroatoms. The summed E-state index contributed by atoms with van der Waals surface area (Å²) in [5.74, 6) is -1.39. The monoisotopic (exact) mass is 281 g/mol. The zero-order valence-corrected chi connectivity index (χ0v) is 8.78. The van der Waals surface area contributed by atoms with Gasteiger partial charge in [-0.3, -0.25) is 0 Å². The SMILES string of the molecule is N#CCc1ccc(Br)c(C(F)(F)F)c1F. The molecule has 0 N–H and O–H groups in total. The normalized spacial score (nSPS) is 11.2. The Kier molecular flexibility index (Phi) is 3.35. The van der Waals surface area contributed by atoms with E-state index in [4.69, 9.17) is 5.26 Å². The van der Waals surface area contributed by atoms with Gasteiger partial charge in [-0.05, 0) is 6.07 Å². The number of halogens is 5. The third kappa shape index (κ3) is 2.48. The first kappa shape index (κ1) is 12.0. The first-order chi connectivity index (χ1) is 6.88. The van der Waals surface area contributed by atoms with Gasteiger partial charge in [0.25, 0.3) is 0 Å². The van der Waals surface area contributed by atoms with Crippen molar-refractivity contribution in [2.24, 2.45) is 0 Å². The van der Waals surface area contributed by atoms with Gasteiger partial charge in [-0.1, -0.05) is 22.0 Å². The highest BCUT2D eigenvalue weighted by Gasteiger charge is 2.37. The van der Waals surface area contributed by atoms with Gasteiger partial charge >= 0.3 is 6.18 Å². The molecule has 0 amide bonds. The molecule has 0 saturated carbocycles. The summed E-state index contributed by atoms with van der Waals surface area (Å²) in [5, 5.41) is 8.30. The van der Waals surface area contributed by atoms with Crippen molar-refractivity contribution in [1.82, 2.24) is 0 Å². The molecule has 0 aliphatic heterocycles. The number of rotatable bonds is 1. The summed E-state index contributed by atoms with van der Waals surface area (Å²) in [6.45, 7) is 0. The zero-order chi connectivity index (χ0) is 11.6. The number of nitrogens with zero attached hydrogens (tertiary/aromatic N) is 1. The molecule has 0 radical (unpaired) electrons. The molecule has 0 aromatic heterocycles. The topological polar surface area (TPSA) is 23.8 Å². The summed E-state index contributed by atoms with van der Waals surface area (Å²) in [6.07, 6.45) is -5.16. The van der Waals surface area contributed by atoms with Crippen LogP contribution < -0.4 is 0 Å². The molecule has 0 unspecified atom stereocenters. The highest BCUT2D eigenvalue weighted by atomic mass is 79.9. The van der Waals surface area contributed by atoms with Crippen LogP contribution in [0.2, 0.25) is 0 Å². The van der Waals surface area contributed by atoms with Crippen molar-refractivity contribution in [2.45, 2.75) is 12.6 Å². The molecular formula is C9H4BrF4N. The van der Waals surface area contributed by atoms with Crippen LogP contribution in [0.15, 0.2) is 16.6 Å². The van der Waals surface area contributed by atoms with Gasteiger partial charge in [0.2, 0.25) is 0 Å². The molecule has 0 atom stereocenters. The van der Waals surface area contributed by atoms with Crippen LogP contribution >= 0.6 is 15.9 Å². The van der Waals surface area contributed by atoms with Crippen molar-refractivity contribution in [3.8, 4) is 6.07 Å². The Labute approximate surface area is 91.4 Å². The minimum Gasteiger partial charge on any atom is -0.206 e. The maximum Gasteiger partial charge on any atom is 0.420 e. The molecule has 0 heterocycles. The fraction of sp³-hybridized carbons (Fsp3) is 0.222. The number of benzene rings is 1. The van der Waals surface area contributed by atoms with Gasteiger partial charge in [-0.15, -0.1) is 0 Å². The second-order valence-electron chi connectivity index (χ2n) is 2.73. The first-order valence-corrected chi connectivity index (χ1v) is 4.58. The third-order valence-corrected chi connectivity index (χ3v) is 2.38. The molecule has 0 saturated heterocycles. The molecule has 0 aliphatic rings. The number of alkyl halides is 3. The molecule has 1 aromatic carbocycles. The van der Waals surface area contributed by atoms with Crippen LogP contribution in [0.4, 0.5) is 17.6 Å². The minimum absolute atomic E-state index is 0.256. The lowest BCUT2D eigenvalue weighted by atomic mass is 10.1. The highest BCUT2D eigenvalue weighted by molar-refractivity contribution is 9.10. The van der Waals surface area contributed by atoms with Gasteiger partial charge in [0.05, 0.1) is 12.5 Å². The molecule has 1 nitrogen and oxygen atoms in total. The Hall–Kier alpha value is -1.09. The lowest BCUT2D eigenvalue weighted by Crippen LogP contribution is -2.11. The van der Waals surface area contributed by atoms with Gasteiger partial charge < -0.3 is 0 Å². The van der Waals surface area contributed by atoms with Crippen LogP contribution in [0.5, 0.6) is 0 Å². The van der Waals surface area contributed by atoms with Gasteiger partial charge in [0.15, 0.2) is 0 Å². The van der Waals surface area contributed by atoms with Crippen molar-refractivity contribution in [2.75, 3.05) is 0 Å². The fourth-order valence-corrected chi connectivity index (χ4v) is 1.61. The molecular weight excluding hydrogens is 278 g/mol. The second-order valence-corrected chi connectivity index (χ2v) is 3.58. The number of nitriles is 1. The number of hydrogen-bond acceptors (Lipinski definition) is 1. The van der Waals surface area contributed by atoms with E-state index >= 15 is 0 Å². The summed E-state index contributed by atoms with van der Waals surface area (Å²) in [4.78, 5) is 0. The van der Waals surface area contributed by atoms with Gasteiger partial charge in [0.1, 0.15) is 11.4 Å². The summed E-state index contributed by atoms with van der Waals surface area (Å²) in [6, 6.07) is 3.83. The molecule has 1 rings (SSSR count). The predicted molar refractivity (Wildman–Crippen MR) is 48.4 cm³/mol. The molecule has 1 aromatic rings. The average molecular weight is 282 g/mol. The standard InChI is InChI=1S/C9H4BrF4N/c10-6-2-1-5(3-4-15)8(11)7(6)9(12,13)14/h1-2H,3H2. The van der Waals surface area contributed by atoms with Crippen LogP contribution in [0.3, 0.4) is 0 Å². The smallest absolute Gasteiger partial charge is 0.206 e. The van der Waals surface area contributed by atoms with Crippen LogP contribution in [0, 0.1) is 17.1 Å². The molecule has 0 aliphatic carbocycles. The van der Waals surface area contributed by atoms with Crippen LogP contribution in [-0.4, -0.2) is 0 Å². The predicted octanol–water partition coefficient (Wildman–Crippen LogP) is 3.67. The Balaban J connectivity index is 3.38. The van der Waals surface area contributed by atoms with E-state index in [1.807, 2.05) is 0 Å². The summed E-state index contributed by atoms with van der Waals surface area (Å²) >= 11 is 2.63. The highest BCUT2D eigenvalue weighted by Crippen LogP contribution is 2.37. The van der Waals surface area contributed by atoms with E-state index in [1.165, 1.54) is 0 Å². The Morgan fingerprint density at radius 1 is 1.33 bits per heavy atom. The summed E-state index contributed by atoms with van der Waals surface area (Å²) in [7, 11) is 0. The van der Waals surface area contributed by atoms with Gasteiger partial charge in [0, 0.05) is 10.0 Å². The van der Waals surface area contributed by atoms with Crippen molar-refractivity contribution in [3.05, 3.63) is 33.5 Å². The molecule has 0 fully saturated rings. The molecule has 0 spiro atoms. The largest absolute Gasteiger partial charge is 0.420 e. The van der Waals surface area contributed by atoms with E-state index in [0.717, 1.165) is 12.1 Å². The Bertz CT molecular complexity index is 419. The van der Waals surface area contributed by atoms with Crippen LogP contribution in [0.25, 0.3) is 0 Å². The molecule has 15 heavy (non-hydrogen) atoms. The quantitative estimate of drug-likeness (QED) is 0.721. The Morgan fingerprint density at radius 3 is 2.40 bits per heavy atom. The second kappa shape index (κ2) is 4.19. The van der Waals surface area contributed by atoms with Crippen LogP contribution in [0.1, 0.15) is 11.1 Å². The number of hydrogen-bond donors (Lipinski definition) is 0. The lowest BCUT2D eigenvalue weighted by Gasteiger charge is -2.11. The lowest BCUT2D eigenvalue weighted by molar-refractivity contribution is -0.140. The van der Waals surface area contributed by atoms with E-state index in [2.05, 4.69) is 15.9 Å². The average Bonchev–Trinajstić information content (AvgIpc) is 2.08. The van der Waals surface area contributed by atoms with Crippen molar-refractivity contribution >= 4 is 15.9 Å². The van der Waals surface area contributed by atoms with Crippen molar-refractivity contribution in [3.63, 3.8) is 0 Å². The fourth-order valence-electron chi connectivity index (χ4n) is 1.08. The Morgan fingerprint density at radius 2 is 1.93 bits per heavy atom. The van der Waals surface area contributed by atoms with E-state index in [9.17, 15) is 17.6 Å². The van der Waals surface area contributed by atoms with Crippen molar-refractivity contribution < 1.29 is 17.6 Å². The van der Waals surface area contributed by atoms with E-state index < -0.39 is 17.6 Å². The van der Waals surface area contributed by atoms with Crippen molar-refractivity contribution in [1.29, 1.82) is 5.26 Å². The summed E-state index contributed by atoms with van der Waals surface area (Å²) in [5.41, 5.74) is -1.62. The van der Waals surface area contributed by atoms with Gasteiger partial charge in [-0.2, -0.15) is 18.4 Å². The summed E-state index contributed by atoms with van der Waals surface area (Å²) < 4.78 is 50.1. The minimum atomic E-state index is -4.77. The van der Waals surface area contributed by atoms with E-state index in [0.29, 0.717) is 0 Å². The maximum absolute atomic E-state index is 13.3. The third-order valence-electron chi connectivity index (χ3n) is 1.72. The van der Waals surface area contributed by atoms with E-state index in [-0.39, 0.29) is 16.5 Å². The first-order valence-electron chi connectivity index (χ1n) is 3.79. The van der Waals surface area contributed by atoms with Gasteiger partial charge in [-0.25, -0.2) is 4.39 Å². The molecule has 80 valence electrons. The van der Waals surface area contributed by atoms with Crippen LogP contribution in [-0.2, 0) is 12.6 Å².